The summed E-state index contributed by atoms with van der Waals surface area (Å²) in [4.78, 5) is 12.7. The SMILES string of the molecule is CCCCCCCCCC(=O)c1ccc(Br)s1. The van der Waals surface area contributed by atoms with E-state index >= 15 is 0 Å². The van der Waals surface area contributed by atoms with E-state index in [1.165, 1.54) is 49.9 Å². The Hall–Kier alpha value is -0.150. The standard InChI is InChI=1S/C14H21BrOS/c1-2-3-4-5-6-7-8-9-12(16)13-10-11-14(15)17-13/h10-11H,2-9H2,1H3. The van der Waals surface area contributed by atoms with E-state index in [1.807, 2.05) is 12.1 Å². The van der Waals surface area contributed by atoms with Crippen LogP contribution in [0.4, 0.5) is 0 Å². The molecule has 0 aliphatic carbocycles. The summed E-state index contributed by atoms with van der Waals surface area (Å²) in [5, 5.41) is 0. The average molecular weight is 317 g/mol. The van der Waals surface area contributed by atoms with Crippen molar-refractivity contribution >= 4 is 33.0 Å². The van der Waals surface area contributed by atoms with Gasteiger partial charge in [0.1, 0.15) is 0 Å². The van der Waals surface area contributed by atoms with Gasteiger partial charge in [0.05, 0.1) is 8.66 Å². The summed E-state index contributed by atoms with van der Waals surface area (Å²) in [7, 11) is 0. The van der Waals surface area contributed by atoms with Gasteiger partial charge >= 0.3 is 0 Å². The molecule has 0 aliphatic heterocycles. The van der Waals surface area contributed by atoms with Crippen molar-refractivity contribution in [3.05, 3.63) is 20.8 Å². The van der Waals surface area contributed by atoms with E-state index in [-0.39, 0.29) is 0 Å². The van der Waals surface area contributed by atoms with Crippen molar-refractivity contribution < 1.29 is 4.79 Å². The van der Waals surface area contributed by atoms with Crippen LogP contribution in [0.25, 0.3) is 0 Å². The van der Waals surface area contributed by atoms with Gasteiger partial charge in [-0.2, -0.15) is 0 Å². The Kier molecular flexibility index (Phi) is 7.78. The maximum absolute atomic E-state index is 11.8. The van der Waals surface area contributed by atoms with Crippen LogP contribution < -0.4 is 0 Å². The predicted molar refractivity (Wildman–Crippen MR) is 79.0 cm³/mol. The lowest BCUT2D eigenvalue weighted by atomic mass is 10.1. The number of carbonyl (C=O) groups excluding carboxylic acids is 1. The number of halogens is 1. The highest BCUT2D eigenvalue weighted by atomic mass is 79.9. The van der Waals surface area contributed by atoms with E-state index in [0.717, 1.165) is 15.1 Å². The minimum Gasteiger partial charge on any atom is -0.293 e. The molecule has 0 radical (unpaired) electrons. The number of Topliss-reactive ketones (excluding diaryl/α,β-unsaturated/α-hetero) is 1. The number of thiophene rings is 1. The van der Waals surface area contributed by atoms with Crippen LogP contribution >= 0.6 is 27.3 Å². The Morgan fingerprint density at radius 2 is 1.76 bits per heavy atom. The summed E-state index contributed by atoms with van der Waals surface area (Å²) < 4.78 is 1.04. The fourth-order valence-electron chi connectivity index (χ4n) is 1.83. The van der Waals surface area contributed by atoms with E-state index in [1.54, 1.807) is 0 Å². The van der Waals surface area contributed by atoms with E-state index in [2.05, 4.69) is 22.9 Å². The van der Waals surface area contributed by atoms with Crippen molar-refractivity contribution in [2.45, 2.75) is 58.3 Å². The summed E-state index contributed by atoms with van der Waals surface area (Å²) in [6, 6.07) is 3.86. The molecular formula is C14H21BrOS. The molecular weight excluding hydrogens is 296 g/mol. The van der Waals surface area contributed by atoms with Crippen molar-refractivity contribution in [2.75, 3.05) is 0 Å². The molecule has 1 aromatic rings. The summed E-state index contributed by atoms with van der Waals surface area (Å²) in [6.45, 7) is 2.23. The van der Waals surface area contributed by atoms with Crippen molar-refractivity contribution in [1.82, 2.24) is 0 Å². The van der Waals surface area contributed by atoms with Gasteiger partial charge < -0.3 is 0 Å². The predicted octanol–water partition coefficient (Wildman–Crippen LogP) is 5.83. The van der Waals surface area contributed by atoms with Gasteiger partial charge in [-0.05, 0) is 34.5 Å². The molecule has 0 fully saturated rings. The Bertz CT molecular complexity index is 333. The molecule has 96 valence electrons. The van der Waals surface area contributed by atoms with Crippen LogP contribution in [0.1, 0.15) is 68.0 Å². The van der Waals surface area contributed by atoms with Crippen LogP contribution in [0.5, 0.6) is 0 Å². The molecule has 3 heteroatoms. The van der Waals surface area contributed by atoms with Crippen molar-refractivity contribution in [1.29, 1.82) is 0 Å². The van der Waals surface area contributed by atoms with Crippen LogP contribution in [0.2, 0.25) is 0 Å². The third-order valence-electron chi connectivity index (χ3n) is 2.86. The van der Waals surface area contributed by atoms with Crippen LogP contribution in [0.3, 0.4) is 0 Å². The zero-order chi connectivity index (χ0) is 12.5. The topological polar surface area (TPSA) is 17.1 Å². The number of ketones is 1. The van der Waals surface area contributed by atoms with E-state index in [0.29, 0.717) is 12.2 Å². The van der Waals surface area contributed by atoms with Crippen LogP contribution in [0, 0.1) is 0 Å². The number of hydrogen-bond acceptors (Lipinski definition) is 2. The molecule has 1 rings (SSSR count). The van der Waals surface area contributed by atoms with Crippen LogP contribution in [0.15, 0.2) is 15.9 Å². The molecule has 0 atom stereocenters. The van der Waals surface area contributed by atoms with Gasteiger partial charge in [0.2, 0.25) is 0 Å². The first-order chi connectivity index (χ1) is 8.24. The van der Waals surface area contributed by atoms with Crippen LogP contribution in [-0.4, -0.2) is 5.78 Å². The fraction of sp³-hybridized carbons (Fsp3) is 0.643. The molecule has 1 heterocycles. The normalized spacial score (nSPS) is 10.7. The molecule has 1 nitrogen and oxygen atoms in total. The lowest BCUT2D eigenvalue weighted by Gasteiger charge is -2.00. The minimum absolute atomic E-state index is 0.300. The molecule has 0 spiro atoms. The fourth-order valence-corrected chi connectivity index (χ4v) is 3.18. The van der Waals surface area contributed by atoms with Gasteiger partial charge in [0.15, 0.2) is 5.78 Å². The zero-order valence-electron chi connectivity index (χ0n) is 10.5. The van der Waals surface area contributed by atoms with Gasteiger partial charge in [0, 0.05) is 6.42 Å². The minimum atomic E-state index is 0.300. The monoisotopic (exact) mass is 316 g/mol. The highest BCUT2D eigenvalue weighted by Crippen LogP contribution is 2.23. The van der Waals surface area contributed by atoms with Gasteiger partial charge in [-0.1, -0.05) is 45.4 Å². The molecule has 17 heavy (non-hydrogen) atoms. The third kappa shape index (κ3) is 6.37. The first kappa shape index (κ1) is 14.9. The smallest absolute Gasteiger partial charge is 0.172 e. The second-order valence-electron chi connectivity index (χ2n) is 4.40. The summed E-state index contributed by atoms with van der Waals surface area (Å²) in [5.74, 6) is 0.300. The van der Waals surface area contributed by atoms with Crippen molar-refractivity contribution in [3.8, 4) is 0 Å². The first-order valence-corrected chi connectivity index (χ1v) is 8.13. The number of unbranched alkanes of at least 4 members (excludes halogenated alkanes) is 6. The first-order valence-electron chi connectivity index (χ1n) is 6.52. The Morgan fingerprint density at radius 3 is 2.35 bits per heavy atom. The number of rotatable bonds is 9. The van der Waals surface area contributed by atoms with Gasteiger partial charge in [-0.3, -0.25) is 4.79 Å². The lowest BCUT2D eigenvalue weighted by molar-refractivity contribution is 0.0983. The lowest BCUT2D eigenvalue weighted by Crippen LogP contribution is -1.95. The van der Waals surface area contributed by atoms with Gasteiger partial charge in [0.25, 0.3) is 0 Å². The molecule has 0 N–H and O–H groups in total. The highest BCUT2D eigenvalue weighted by molar-refractivity contribution is 9.11. The van der Waals surface area contributed by atoms with E-state index in [4.69, 9.17) is 0 Å². The third-order valence-corrected chi connectivity index (χ3v) is 4.52. The Morgan fingerprint density at radius 1 is 1.12 bits per heavy atom. The Labute approximate surface area is 117 Å². The molecule has 0 amide bonds. The quantitative estimate of drug-likeness (QED) is 0.413. The number of hydrogen-bond donors (Lipinski definition) is 0. The van der Waals surface area contributed by atoms with Crippen LogP contribution in [-0.2, 0) is 0 Å². The maximum Gasteiger partial charge on any atom is 0.172 e. The molecule has 0 saturated carbocycles. The molecule has 0 saturated heterocycles. The maximum atomic E-state index is 11.8. The van der Waals surface area contributed by atoms with E-state index in [9.17, 15) is 4.79 Å². The molecule has 0 aliphatic rings. The van der Waals surface area contributed by atoms with Crippen molar-refractivity contribution in [2.24, 2.45) is 0 Å². The molecule has 0 unspecified atom stereocenters. The van der Waals surface area contributed by atoms with Gasteiger partial charge in [-0.15, -0.1) is 11.3 Å². The zero-order valence-corrected chi connectivity index (χ0v) is 12.9. The van der Waals surface area contributed by atoms with Gasteiger partial charge in [-0.25, -0.2) is 0 Å². The van der Waals surface area contributed by atoms with E-state index < -0.39 is 0 Å². The summed E-state index contributed by atoms with van der Waals surface area (Å²) in [6.07, 6.45) is 9.55. The molecule has 0 bridgehead atoms. The van der Waals surface area contributed by atoms with Crippen molar-refractivity contribution in [3.63, 3.8) is 0 Å². The second-order valence-corrected chi connectivity index (χ2v) is 6.86. The second kappa shape index (κ2) is 8.87. The largest absolute Gasteiger partial charge is 0.293 e. The summed E-state index contributed by atoms with van der Waals surface area (Å²) in [5.41, 5.74) is 0. The molecule has 0 aromatic carbocycles. The highest BCUT2D eigenvalue weighted by Gasteiger charge is 2.07. The Balaban J connectivity index is 2.05. The number of carbonyl (C=O) groups is 1. The molecule has 1 aromatic heterocycles. The summed E-state index contributed by atoms with van der Waals surface area (Å²) >= 11 is 4.92. The average Bonchev–Trinajstić information content (AvgIpc) is 2.74.